The number of hydrogen-bond acceptors (Lipinski definition) is 3. The van der Waals surface area contributed by atoms with Gasteiger partial charge in [0.15, 0.2) is 0 Å². The van der Waals surface area contributed by atoms with E-state index in [2.05, 4.69) is 54.9 Å². The first-order valence-corrected chi connectivity index (χ1v) is 7.92. The first kappa shape index (κ1) is 14.2. The second-order valence-corrected chi connectivity index (χ2v) is 6.36. The van der Waals surface area contributed by atoms with Gasteiger partial charge in [-0.2, -0.15) is 0 Å². The Morgan fingerprint density at radius 3 is 2.67 bits per heavy atom. The highest BCUT2D eigenvalue weighted by Crippen LogP contribution is 2.31. The van der Waals surface area contributed by atoms with Crippen LogP contribution in [0.4, 0.5) is 5.69 Å². The lowest BCUT2D eigenvalue weighted by molar-refractivity contribution is 0.271. The second-order valence-electron chi connectivity index (χ2n) is 6.36. The van der Waals surface area contributed by atoms with E-state index in [1.54, 1.807) is 0 Å². The smallest absolute Gasteiger partial charge is 0.121 e. The van der Waals surface area contributed by atoms with Crippen molar-refractivity contribution in [2.45, 2.75) is 33.6 Å². The molecule has 2 heterocycles. The van der Waals surface area contributed by atoms with Crippen LogP contribution in [0.1, 0.15) is 32.4 Å². The number of pyridine rings is 1. The topological polar surface area (TPSA) is 25.4 Å². The van der Waals surface area contributed by atoms with Crippen LogP contribution >= 0.6 is 0 Å². The van der Waals surface area contributed by atoms with Crippen LogP contribution in [0.2, 0.25) is 0 Å². The van der Waals surface area contributed by atoms with Crippen LogP contribution in [0.15, 0.2) is 24.3 Å². The molecule has 21 heavy (non-hydrogen) atoms. The van der Waals surface area contributed by atoms with Gasteiger partial charge in [-0.25, -0.2) is 0 Å². The summed E-state index contributed by atoms with van der Waals surface area (Å²) in [5.74, 6) is 1.45. The fourth-order valence-corrected chi connectivity index (χ4v) is 2.89. The summed E-state index contributed by atoms with van der Waals surface area (Å²) in [4.78, 5) is 7.17. The summed E-state index contributed by atoms with van der Waals surface area (Å²) < 4.78 is 5.83. The monoisotopic (exact) mass is 284 g/mol. The molecule has 1 saturated heterocycles. The van der Waals surface area contributed by atoms with Gasteiger partial charge >= 0.3 is 0 Å². The molecule has 0 radical (unpaired) electrons. The standard InChI is InChI=1S/C18H24N2O/c1-13(2)12-21-15-6-7-16-17(11-15)19-14(3)10-18(16)20-8-4-5-9-20/h6-7,10-11,13H,4-5,8-9,12H2,1-3H3. The molecule has 0 bridgehead atoms. The summed E-state index contributed by atoms with van der Waals surface area (Å²) in [7, 11) is 0. The Kier molecular flexibility index (Phi) is 4.00. The molecule has 112 valence electrons. The fraction of sp³-hybridized carbons (Fsp3) is 0.500. The van der Waals surface area contributed by atoms with Crippen molar-refractivity contribution in [1.29, 1.82) is 0 Å². The maximum absolute atomic E-state index is 5.83. The van der Waals surface area contributed by atoms with Crippen LogP contribution in [0, 0.1) is 12.8 Å². The molecule has 0 N–H and O–H groups in total. The molecule has 1 aliphatic rings. The second kappa shape index (κ2) is 5.92. The number of hydrogen-bond donors (Lipinski definition) is 0. The molecular formula is C18H24N2O. The molecule has 2 aromatic rings. The molecule has 0 spiro atoms. The third-order valence-corrected chi connectivity index (χ3v) is 3.92. The van der Waals surface area contributed by atoms with Crippen molar-refractivity contribution >= 4 is 16.6 Å². The summed E-state index contributed by atoms with van der Waals surface area (Å²) in [5.41, 5.74) is 3.44. The van der Waals surface area contributed by atoms with E-state index < -0.39 is 0 Å². The number of aromatic nitrogens is 1. The number of rotatable bonds is 4. The minimum Gasteiger partial charge on any atom is -0.493 e. The van der Waals surface area contributed by atoms with Crippen LogP contribution in [-0.4, -0.2) is 24.7 Å². The van der Waals surface area contributed by atoms with E-state index in [0.29, 0.717) is 5.92 Å². The predicted octanol–water partition coefficient (Wildman–Crippen LogP) is 4.18. The SMILES string of the molecule is Cc1cc(N2CCCC2)c2ccc(OCC(C)C)cc2n1. The van der Waals surface area contributed by atoms with Gasteiger partial charge in [0.25, 0.3) is 0 Å². The van der Waals surface area contributed by atoms with Gasteiger partial charge in [-0.15, -0.1) is 0 Å². The van der Waals surface area contributed by atoms with Crippen molar-refractivity contribution in [2.24, 2.45) is 5.92 Å². The van der Waals surface area contributed by atoms with Crippen LogP contribution in [0.3, 0.4) is 0 Å². The molecule has 0 saturated carbocycles. The first-order chi connectivity index (χ1) is 10.1. The molecule has 1 aromatic carbocycles. The van der Waals surface area contributed by atoms with Gasteiger partial charge < -0.3 is 9.64 Å². The van der Waals surface area contributed by atoms with Crippen molar-refractivity contribution in [3.05, 3.63) is 30.0 Å². The maximum atomic E-state index is 5.83. The molecule has 0 unspecified atom stereocenters. The van der Waals surface area contributed by atoms with E-state index in [1.807, 2.05) is 0 Å². The number of benzene rings is 1. The lowest BCUT2D eigenvalue weighted by Gasteiger charge is -2.20. The number of nitrogens with zero attached hydrogens (tertiary/aromatic N) is 2. The van der Waals surface area contributed by atoms with Crippen molar-refractivity contribution < 1.29 is 4.74 Å². The maximum Gasteiger partial charge on any atom is 0.121 e. The average molecular weight is 284 g/mol. The highest BCUT2D eigenvalue weighted by atomic mass is 16.5. The molecule has 1 aromatic heterocycles. The fourth-order valence-electron chi connectivity index (χ4n) is 2.89. The highest BCUT2D eigenvalue weighted by Gasteiger charge is 2.16. The summed E-state index contributed by atoms with van der Waals surface area (Å²) >= 11 is 0. The van der Waals surface area contributed by atoms with E-state index in [9.17, 15) is 0 Å². The minimum absolute atomic E-state index is 0.534. The van der Waals surface area contributed by atoms with Crippen LogP contribution in [0.5, 0.6) is 5.75 Å². The Hall–Kier alpha value is -1.77. The molecular weight excluding hydrogens is 260 g/mol. The molecule has 3 nitrogen and oxygen atoms in total. The lowest BCUT2D eigenvalue weighted by Crippen LogP contribution is -2.18. The zero-order chi connectivity index (χ0) is 14.8. The lowest BCUT2D eigenvalue weighted by atomic mass is 10.1. The summed E-state index contributed by atoms with van der Waals surface area (Å²) in [5, 5.41) is 1.24. The van der Waals surface area contributed by atoms with Crippen LogP contribution < -0.4 is 9.64 Å². The van der Waals surface area contributed by atoms with Crippen molar-refractivity contribution in [2.75, 3.05) is 24.6 Å². The summed E-state index contributed by atoms with van der Waals surface area (Å²) in [6, 6.07) is 8.51. The Bertz CT molecular complexity index is 630. The zero-order valence-electron chi connectivity index (χ0n) is 13.2. The summed E-state index contributed by atoms with van der Waals surface area (Å²) in [6.45, 7) is 9.45. The molecule has 0 atom stereocenters. The summed E-state index contributed by atoms with van der Waals surface area (Å²) in [6.07, 6.45) is 2.58. The molecule has 0 aliphatic carbocycles. The van der Waals surface area contributed by atoms with Gasteiger partial charge in [0.05, 0.1) is 12.1 Å². The predicted molar refractivity (Wildman–Crippen MR) is 88.3 cm³/mol. The van der Waals surface area contributed by atoms with E-state index in [4.69, 9.17) is 4.74 Å². The van der Waals surface area contributed by atoms with Gasteiger partial charge in [0.1, 0.15) is 5.75 Å². The van der Waals surface area contributed by atoms with Gasteiger partial charge in [-0.1, -0.05) is 13.8 Å². The number of ether oxygens (including phenoxy) is 1. The van der Waals surface area contributed by atoms with E-state index in [-0.39, 0.29) is 0 Å². The van der Waals surface area contributed by atoms with Gasteiger partial charge in [0.2, 0.25) is 0 Å². The van der Waals surface area contributed by atoms with Gasteiger partial charge in [0, 0.05) is 35.9 Å². The number of anilines is 1. The Balaban J connectivity index is 1.97. The zero-order valence-corrected chi connectivity index (χ0v) is 13.2. The Labute approximate surface area is 126 Å². The largest absolute Gasteiger partial charge is 0.493 e. The third-order valence-electron chi connectivity index (χ3n) is 3.92. The van der Waals surface area contributed by atoms with Crippen molar-refractivity contribution in [1.82, 2.24) is 4.98 Å². The van der Waals surface area contributed by atoms with Crippen molar-refractivity contribution in [3.63, 3.8) is 0 Å². The van der Waals surface area contributed by atoms with E-state index >= 15 is 0 Å². The quantitative estimate of drug-likeness (QED) is 0.842. The number of fused-ring (bicyclic) bond motifs is 1. The first-order valence-electron chi connectivity index (χ1n) is 7.92. The number of aryl methyl sites for hydroxylation is 1. The highest BCUT2D eigenvalue weighted by molar-refractivity contribution is 5.93. The molecule has 3 rings (SSSR count). The third kappa shape index (κ3) is 3.12. The van der Waals surface area contributed by atoms with Gasteiger partial charge in [-0.3, -0.25) is 4.98 Å². The van der Waals surface area contributed by atoms with Crippen LogP contribution in [-0.2, 0) is 0 Å². The Morgan fingerprint density at radius 2 is 1.95 bits per heavy atom. The average Bonchev–Trinajstić information content (AvgIpc) is 2.97. The molecule has 3 heteroatoms. The molecule has 1 aliphatic heterocycles. The molecule has 1 fully saturated rings. The minimum atomic E-state index is 0.534. The van der Waals surface area contributed by atoms with Gasteiger partial charge in [-0.05, 0) is 43.9 Å². The molecule has 0 amide bonds. The van der Waals surface area contributed by atoms with Crippen LogP contribution in [0.25, 0.3) is 10.9 Å². The normalized spacial score (nSPS) is 15.1. The van der Waals surface area contributed by atoms with Crippen molar-refractivity contribution in [3.8, 4) is 5.75 Å². The van der Waals surface area contributed by atoms with E-state index in [1.165, 1.54) is 23.9 Å². The Morgan fingerprint density at radius 1 is 1.19 bits per heavy atom. The van der Waals surface area contributed by atoms with E-state index in [0.717, 1.165) is 36.7 Å².